The number of carbonyl (C=O) groups is 1. The van der Waals surface area contributed by atoms with Gasteiger partial charge in [-0.1, -0.05) is 0 Å². The van der Waals surface area contributed by atoms with Crippen molar-refractivity contribution in [2.75, 3.05) is 6.61 Å². The van der Waals surface area contributed by atoms with Gasteiger partial charge in [0.15, 0.2) is 0 Å². The van der Waals surface area contributed by atoms with Gasteiger partial charge in [0.25, 0.3) is 0 Å². The van der Waals surface area contributed by atoms with Crippen molar-refractivity contribution < 1.29 is 14.6 Å². The third-order valence-corrected chi connectivity index (χ3v) is 3.54. The fraction of sp³-hybridized carbons (Fsp3) is 0.636. The topological polar surface area (TPSA) is 59.4 Å². The Morgan fingerprint density at radius 1 is 1.69 bits per heavy atom. The molecule has 1 aromatic heterocycles. The van der Waals surface area contributed by atoms with E-state index in [9.17, 15) is 4.79 Å². The van der Waals surface area contributed by atoms with E-state index in [1.165, 1.54) is 0 Å². The molecule has 1 aliphatic heterocycles. The number of hydrogen-bond acceptors (Lipinski definition) is 4. The first-order chi connectivity index (χ1) is 7.74. The zero-order valence-corrected chi connectivity index (χ0v) is 9.83. The fourth-order valence-electron chi connectivity index (χ4n) is 1.79. The zero-order chi connectivity index (χ0) is 11.4. The summed E-state index contributed by atoms with van der Waals surface area (Å²) in [6.45, 7) is 0.863. The molecule has 4 nitrogen and oxygen atoms in total. The number of ether oxygens (including phenoxy) is 1. The summed E-state index contributed by atoms with van der Waals surface area (Å²) in [7, 11) is 0. The summed E-state index contributed by atoms with van der Waals surface area (Å²) < 4.78 is 5.54. The molecule has 2 heterocycles. The predicted octanol–water partition coefficient (Wildman–Crippen LogP) is 1.88. The maximum absolute atomic E-state index is 10.4. The van der Waals surface area contributed by atoms with E-state index in [1.807, 2.05) is 5.38 Å². The van der Waals surface area contributed by atoms with Crippen LogP contribution in [0, 0.1) is 0 Å². The number of carboxylic acids is 1. The van der Waals surface area contributed by atoms with Crippen molar-refractivity contribution in [3.63, 3.8) is 0 Å². The van der Waals surface area contributed by atoms with Crippen LogP contribution in [0.2, 0.25) is 0 Å². The van der Waals surface area contributed by atoms with E-state index >= 15 is 0 Å². The number of aromatic nitrogens is 1. The SMILES string of the molecule is O=C(O)CCc1csc(CC2CCCO2)n1. The van der Waals surface area contributed by atoms with Gasteiger partial charge >= 0.3 is 5.97 Å². The molecule has 88 valence electrons. The number of nitrogens with zero attached hydrogens (tertiary/aromatic N) is 1. The summed E-state index contributed by atoms with van der Waals surface area (Å²) >= 11 is 1.60. The number of thiazole rings is 1. The lowest BCUT2D eigenvalue weighted by molar-refractivity contribution is -0.136. The van der Waals surface area contributed by atoms with Gasteiger partial charge in [-0.05, 0) is 12.8 Å². The van der Waals surface area contributed by atoms with Crippen LogP contribution in [0.15, 0.2) is 5.38 Å². The highest BCUT2D eigenvalue weighted by Crippen LogP contribution is 2.20. The maximum atomic E-state index is 10.4. The van der Waals surface area contributed by atoms with Crippen molar-refractivity contribution in [3.05, 3.63) is 16.1 Å². The van der Waals surface area contributed by atoms with E-state index in [-0.39, 0.29) is 6.42 Å². The zero-order valence-electron chi connectivity index (χ0n) is 9.02. The molecule has 1 atom stereocenters. The summed E-state index contributed by atoms with van der Waals surface area (Å²) in [6, 6.07) is 0. The van der Waals surface area contributed by atoms with Crippen molar-refractivity contribution in [1.29, 1.82) is 0 Å². The Hall–Kier alpha value is -0.940. The molecule has 5 heteroatoms. The van der Waals surface area contributed by atoms with Crippen LogP contribution >= 0.6 is 11.3 Å². The normalized spacial score (nSPS) is 20.1. The van der Waals surface area contributed by atoms with E-state index in [2.05, 4.69) is 4.98 Å². The predicted molar refractivity (Wildman–Crippen MR) is 60.7 cm³/mol. The monoisotopic (exact) mass is 241 g/mol. The Morgan fingerprint density at radius 2 is 2.56 bits per heavy atom. The first-order valence-corrected chi connectivity index (χ1v) is 6.38. The van der Waals surface area contributed by atoms with Gasteiger partial charge in [0, 0.05) is 24.8 Å². The van der Waals surface area contributed by atoms with Crippen LogP contribution in [0.4, 0.5) is 0 Å². The molecule has 16 heavy (non-hydrogen) atoms. The van der Waals surface area contributed by atoms with Crippen molar-refractivity contribution in [1.82, 2.24) is 4.98 Å². The molecule has 1 aromatic rings. The molecular weight excluding hydrogens is 226 g/mol. The van der Waals surface area contributed by atoms with Crippen LogP contribution in [0.1, 0.15) is 30.0 Å². The summed E-state index contributed by atoms with van der Waals surface area (Å²) in [5.41, 5.74) is 0.889. The number of aliphatic carboxylic acids is 1. The van der Waals surface area contributed by atoms with E-state index in [4.69, 9.17) is 9.84 Å². The average molecular weight is 241 g/mol. The van der Waals surface area contributed by atoms with Gasteiger partial charge in [-0.2, -0.15) is 0 Å². The molecule has 1 fully saturated rings. The first kappa shape index (κ1) is 11.5. The molecule has 0 aromatic carbocycles. The second-order valence-corrected chi connectivity index (χ2v) is 4.91. The van der Waals surface area contributed by atoms with E-state index in [1.54, 1.807) is 11.3 Å². The number of hydrogen-bond donors (Lipinski definition) is 1. The standard InChI is InChI=1S/C11H15NO3S/c13-11(14)4-3-8-7-16-10(12-8)6-9-2-1-5-15-9/h7,9H,1-6H2,(H,13,14). The average Bonchev–Trinajstić information content (AvgIpc) is 2.87. The molecule has 2 rings (SSSR count). The lowest BCUT2D eigenvalue weighted by Gasteiger charge is -2.05. The minimum atomic E-state index is -0.770. The lowest BCUT2D eigenvalue weighted by Crippen LogP contribution is -2.08. The number of aryl methyl sites for hydroxylation is 1. The Morgan fingerprint density at radius 3 is 3.25 bits per heavy atom. The molecule has 0 radical (unpaired) electrons. The van der Waals surface area contributed by atoms with Crippen molar-refractivity contribution in [3.8, 4) is 0 Å². The Kier molecular flexibility index (Phi) is 3.90. The summed E-state index contributed by atoms with van der Waals surface area (Å²) in [5, 5.41) is 11.6. The highest BCUT2D eigenvalue weighted by atomic mass is 32.1. The highest BCUT2D eigenvalue weighted by Gasteiger charge is 2.17. The molecule has 0 saturated carbocycles. The van der Waals surface area contributed by atoms with Crippen LogP contribution in [-0.2, 0) is 22.4 Å². The van der Waals surface area contributed by atoms with Crippen LogP contribution in [0.25, 0.3) is 0 Å². The van der Waals surface area contributed by atoms with Gasteiger partial charge in [-0.15, -0.1) is 11.3 Å². The summed E-state index contributed by atoms with van der Waals surface area (Å²) in [6.07, 6.45) is 4.13. The van der Waals surface area contributed by atoms with Crippen molar-refractivity contribution >= 4 is 17.3 Å². The Balaban J connectivity index is 1.84. The smallest absolute Gasteiger partial charge is 0.303 e. The van der Waals surface area contributed by atoms with E-state index < -0.39 is 5.97 Å². The number of carboxylic acid groups (broad SMARTS) is 1. The van der Waals surface area contributed by atoms with E-state index in [0.29, 0.717) is 12.5 Å². The molecule has 0 spiro atoms. The van der Waals surface area contributed by atoms with Gasteiger partial charge in [-0.25, -0.2) is 4.98 Å². The Bertz CT molecular complexity index is 358. The third-order valence-electron chi connectivity index (χ3n) is 2.62. The van der Waals surface area contributed by atoms with Crippen LogP contribution in [-0.4, -0.2) is 28.8 Å². The van der Waals surface area contributed by atoms with Gasteiger partial charge in [0.05, 0.1) is 23.2 Å². The minimum absolute atomic E-state index is 0.156. The molecule has 0 aliphatic carbocycles. The van der Waals surface area contributed by atoms with Crippen molar-refractivity contribution in [2.45, 2.75) is 38.2 Å². The molecule has 0 bridgehead atoms. The fourth-order valence-corrected chi connectivity index (χ4v) is 2.69. The lowest BCUT2D eigenvalue weighted by atomic mass is 10.2. The largest absolute Gasteiger partial charge is 0.481 e. The summed E-state index contributed by atoms with van der Waals surface area (Å²) in [4.78, 5) is 14.8. The van der Waals surface area contributed by atoms with Gasteiger partial charge in [-0.3, -0.25) is 4.79 Å². The van der Waals surface area contributed by atoms with E-state index in [0.717, 1.165) is 36.6 Å². The Labute approximate surface area is 98.3 Å². The molecule has 1 aliphatic rings. The third kappa shape index (κ3) is 3.28. The van der Waals surface area contributed by atoms with Gasteiger partial charge in [0.2, 0.25) is 0 Å². The van der Waals surface area contributed by atoms with Crippen LogP contribution in [0.5, 0.6) is 0 Å². The molecular formula is C11H15NO3S. The van der Waals surface area contributed by atoms with Gasteiger partial charge < -0.3 is 9.84 Å². The van der Waals surface area contributed by atoms with Crippen LogP contribution in [0.3, 0.4) is 0 Å². The first-order valence-electron chi connectivity index (χ1n) is 5.50. The summed E-state index contributed by atoms with van der Waals surface area (Å²) in [5.74, 6) is -0.770. The molecule has 0 amide bonds. The second kappa shape index (κ2) is 5.41. The van der Waals surface area contributed by atoms with Gasteiger partial charge in [0.1, 0.15) is 0 Å². The quantitative estimate of drug-likeness (QED) is 0.855. The van der Waals surface area contributed by atoms with Crippen molar-refractivity contribution in [2.24, 2.45) is 0 Å². The molecule has 1 N–H and O–H groups in total. The molecule has 1 saturated heterocycles. The minimum Gasteiger partial charge on any atom is -0.481 e. The second-order valence-electron chi connectivity index (χ2n) is 3.97. The van der Waals surface area contributed by atoms with Crippen LogP contribution < -0.4 is 0 Å². The molecule has 1 unspecified atom stereocenters. The number of rotatable bonds is 5. The highest BCUT2D eigenvalue weighted by molar-refractivity contribution is 7.09. The maximum Gasteiger partial charge on any atom is 0.303 e.